The molecular weight excluding hydrogens is 284 g/mol. The van der Waals surface area contributed by atoms with Gasteiger partial charge in [-0.05, 0) is 38.4 Å². The Bertz CT molecular complexity index is 613. The summed E-state index contributed by atoms with van der Waals surface area (Å²) < 4.78 is 2.03. The number of carbonyl (C=O) groups is 1. The van der Waals surface area contributed by atoms with Crippen molar-refractivity contribution >= 4 is 17.2 Å². The average molecular weight is 304 g/mol. The molecule has 0 aliphatic carbocycles. The van der Waals surface area contributed by atoms with Gasteiger partial charge in [-0.3, -0.25) is 4.79 Å². The highest BCUT2D eigenvalue weighted by Gasteiger charge is 2.19. The maximum Gasteiger partial charge on any atom is 0.261 e. The zero-order valence-corrected chi connectivity index (χ0v) is 12.9. The molecular formula is C15H20N4OS. The van der Waals surface area contributed by atoms with Gasteiger partial charge in [-0.1, -0.05) is 0 Å². The van der Waals surface area contributed by atoms with Gasteiger partial charge in [0.1, 0.15) is 0 Å². The second-order valence-corrected chi connectivity index (χ2v) is 6.32. The van der Waals surface area contributed by atoms with Gasteiger partial charge in [-0.2, -0.15) is 0 Å². The van der Waals surface area contributed by atoms with Crippen molar-refractivity contribution < 1.29 is 4.79 Å². The Labute approximate surface area is 128 Å². The Hall–Kier alpha value is -1.66. The lowest BCUT2D eigenvalue weighted by Crippen LogP contribution is -2.23. The first kappa shape index (κ1) is 14.3. The fraction of sp³-hybridized carbons (Fsp3) is 0.467. The van der Waals surface area contributed by atoms with Crippen molar-refractivity contribution in [3.8, 4) is 0 Å². The van der Waals surface area contributed by atoms with E-state index in [1.807, 2.05) is 10.6 Å². The molecule has 1 fully saturated rings. The first-order chi connectivity index (χ1) is 10.3. The summed E-state index contributed by atoms with van der Waals surface area (Å²) in [5, 5.41) is 6.43. The molecule has 2 aromatic rings. The summed E-state index contributed by atoms with van der Waals surface area (Å²) in [7, 11) is 0. The maximum absolute atomic E-state index is 12.2. The van der Waals surface area contributed by atoms with Crippen LogP contribution in [-0.4, -0.2) is 22.0 Å². The third-order valence-corrected chi connectivity index (χ3v) is 5.02. The van der Waals surface area contributed by atoms with Gasteiger partial charge in [0.05, 0.1) is 23.4 Å². The number of aryl methyl sites for hydroxylation is 1. The highest BCUT2D eigenvalue weighted by atomic mass is 32.1. The molecule has 0 aromatic carbocycles. The molecule has 1 unspecified atom stereocenters. The molecule has 1 aliphatic heterocycles. The van der Waals surface area contributed by atoms with Crippen LogP contribution in [0.3, 0.4) is 0 Å². The zero-order valence-electron chi connectivity index (χ0n) is 12.1. The number of hydrogen-bond acceptors (Lipinski definition) is 4. The van der Waals surface area contributed by atoms with Crippen molar-refractivity contribution in [1.82, 2.24) is 20.2 Å². The van der Waals surface area contributed by atoms with E-state index < -0.39 is 0 Å². The lowest BCUT2D eigenvalue weighted by molar-refractivity contribution is 0.0954. The van der Waals surface area contributed by atoms with Crippen LogP contribution in [0.5, 0.6) is 0 Å². The fourth-order valence-corrected chi connectivity index (χ4v) is 3.66. The molecule has 1 saturated heterocycles. The Morgan fingerprint density at radius 3 is 3.24 bits per heavy atom. The number of hydrogen-bond donors (Lipinski definition) is 2. The van der Waals surface area contributed by atoms with E-state index in [1.165, 1.54) is 11.3 Å². The highest BCUT2D eigenvalue weighted by Crippen LogP contribution is 2.29. The zero-order chi connectivity index (χ0) is 14.7. The van der Waals surface area contributed by atoms with Crippen LogP contribution in [0.15, 0.2) is 24.7 Å². The summed E-state index contributed by atoms with van der Waals surface area (Å²) in [6, 6.07) is 4.42. The third-order valence-electron chi connectivity index (χ3n) is 3.82. The largest absolute Gasteiger partial charge is 0.346 e. The molecule has 6 heteroatoms. The van der Waals surface area contributed by atoms with Crippen LogP contribution in [-0.2, 0) is 13.1 Å². The summed E-state index contributed by atoms with van der Waals surface area (Å²) in [4.78, 5) is 18.4. The molecule has 112 valence electrons. The Morgan fingerprint density at radius 1 is 1.57 bits per heavy atom. The van der Waals surface area contributed by atoms with Crippen LogP contribution in [0.4, 0.5) is 0 Å². The molecule has 1 aliphatic rings. The fourth-order valence-electron chi connectivity index (χ4n) is 2.63. The first-order valence-corrected chi connectivity index (χ1v) is 8.20. The average Bonchev–Trinajstić information content (AvgIpc) is 3.24. The van der Waals surface area contributed by atoms with E-state index in [1.54, 1.807) is 23.9 Å². The van der Waals surface area contributed by atoms with Gasteiger partial charge in [0.15, 0.2) is 0 Å². The lowest BCUT2D eigenvalue weighted by atomic mass is 10.2. The van der Waals surface area contributed by atoms with E-state index in [0.29, 0.717) is 12.6 Å². The van der Waals surface area contributed by atoms with E-state index in [9.17, 15) is 4.79 Å². The standard InChI is InChI=1S/C15H20N4OS/c1-2-19-10-16-8-11(19)9-18-15(20)14-6-5-13(21-14)12-4-3-7-17-12/h5-6,8,10,12,17H,2-4,7,9H2,1H3,(H,18,20). The van der Waals surface area contributed by atoms with Gasteiger partial charge >= 0.3 is 0 Å². The summed E-state index contributed by atoms with van der Waals surface area (Å²) in [6.45, 7) is 4.52. The number of nitrogens with zero attached hydrogens (tertiary/aromatic N) is 2. The van der Waals surface area contributed by atoms with Crippen LogP contribution < -0.4 is 10.6 Å². The molecule has 2 aromatic heterocycles. The Morgan fingerprint density at radius 2 is 2.48 bits per heavy atom. The smallest absolute Gasteiger partial charge is 0.261 e. The van der Waals surface area contributed by atoms with Crippen LogP contribution in [0, 0.1) is 0 Å². The number of carbonyl (C=O) groups excluding carboxylic acids is 1. The lowest BCUT2D eigenvalue weighted by Gasteiger charge is -2.07. The van der Waals surface area contributed by atoms with Crippen molar-refractivity contribution in [2.24, 2.45) is 0 Å². The van der Waals surface area contributed by atoms with E-state index >= 15 is 0 Å². The van der Waals surface area contributed by atoms with Crippen LogP contribution in [0.1, 0.15) is 46.0 Å². The minimum atomic E-state index is -0.00639. The van der Waals surface area contributed by atoms with Gasteiger partial charge in [0.25, 0.3) is 5.91 Å². The number of thiophene rings is 1. The van der Waals surface area contributed by atoms with E-state index in [2.05, 4.69) is 28.6 Å². The molecule has 3 rings (SSSR count). The predicted molar refractivity (Wildman–Crippen MR) is 83.4 cm³/mol. The highest BCUT2D eigenvalue weighted by molar-refractivity contribution is 7.14. The number of amides is 1. The SMILES string of the molecule is CCn1cncc1CNC(=O)c1ccc(C2CCCN2)s1. The Balaban J connectivity index is 1.60. The molecule has 0 saturated carbocycles. The maximum atomic E-state index is 12.2. The second-order valence-electron chi connectivity index (χ2n) is 5.20. The second kappa shape index (κ2) is 6.41. The Kier molecular flexibility index (Phi) is 4.36. The molecule has 5 nitrogen and oxygen atoms in total. The quantitative estimate of drug-likeness (QED) is 0.891. The molecule has 1 atom stereocenters. The third kappa shape index (κ3) is 3.16. The molecule has 2 N–H and O–H groups in total. The summed E-state index contributed by atoms with van der Waals surface area (Å²) >= 11 is 1.59. The summed E-state index contributed by atoms with van der Waals surface area (Å²) in [5.41, 5.74) is 1.03. The monoisotopic (exact) mass is 304 g/mol. The normalized spacial score (nSPS) is 18.0. The molecule has 21 heavy (non-hydrogen) atoms. The molecule has 0 spiro atoms. The predicted octanol–water partition coefficient (Wildman–Crippen LogP) is 2.32. The van der Waals surface area contributed by atoms with Gasteiger partial charge in [0.2, 0.25) is 0 Å². The number of nitrogens with one attached hydrogen (secondary N) is 2. The summed E-state index contributed by atoms with van der Waals surface area (Å²) in [6.07, 6.45) is 5.96. The number of rotatable bonds is 5. The van der Waals surface area contributed by atoms with Crippen molar-refractivity contribution in [2.45, 2.75) is 38.9 Å². The van der Waals surface area contributed by atoms with Crippen molar-refractivity contribution in [1.29, 1.82) is 0 Å². The topological polar surface area (TPSA) is 59.0 Å². The van der Waals surface area contributed by atoms with Gasteiger partial charge in [-0.15, -0.1) is 11.3 Å². The van der Waals surface area contributed by atoms with Crippen molar-refractivity contribution in [3.05, 3.63) is 40.1 Å². The molecule has 0 bridgehead atoms. The van der Waals surface area contributed by atoms with Crippen LogP contribution in [0.2, 0.25) is 0 Å². The van der Waals surface area contributed by atoms with E-state index in [-0.39, 0.29) is 5.91 Å². The molecule has 3 heterocycles. The van der Waals surface area contributed by atoms with E-state index in [0.717, 1.165) is 30.1 Å². The minimum absolute atomic E-state index is 0.00639. The van der Waals surface area contributed by atoms with Gasteiger partial charge in [-0.25, -0.2) is 4.98 Å². The van der Waals surface area contributed by atoms with E-state index in [4.69, 9.17) is 0 Å². The minimum Gasteiger partial charge on any atom is -0.346 e. The van der Waals surface area contributed by atoms with Crippen LogP contribution in [0.25, 0.3) is 0 Å². The number of imidazole rings is 1. The summed E-state index contributed by atoms with van der Waals surface area (Å²) in [5.74, 6) is -0.00639. The van der Waals surface area contributed by atoms with Crippen LogP contribution >= 0.6 is 11.3 Å². The van der Waals surface area contributed by atoms with Crippen molar-refractivity contribution in [2.75, 3.05) is 6.54 Å². The van der Waals surface area contributed by atoms with Gasteiger partial charge in [0, 0.05) is 23.7 Å². The molecule has 1 amide bonds. The molecule has 0 radical (unpaired) electrons. The van der Waals surface area contributed by atoms with Gasteiger partial charge < -0.3 is 15.2 Å². The first-order valence-electron chi connectivity index (χ1n) is 7.38. The van der Waals surface area contributed by atoms with Crippen molar-refractivity contribution in [3.63, 3.8) is 0 Å². The number of aromatic nitrogens is 2.